The monoisotopic (exact) mass is 359 g/mol. The molecular weight excluding hydrogens is 341 g/mol. The molecule has 5 atom stereocenters. The van der Waals surface area contributed by atoms with Gasteiger partial charge in [0.1, 0.15) is 6.61 Å². The van der Waals surface area contributed by atoms with Crippen molar-refractivity contribution in [1.29, 1.82) is 5.41 Å². The van der Waals surface area contributed by atoms with Crippen molar-refractivity contribution in [2.24, 2.45) is 17.8 Å². The fourth-order valence-corrected chi connectivity index (χ4v) is 2.33. The van der Waals surface area contributed by atoms with Crippen LogP contribution in [0.2, 0.25) is 0 Å². The van der Waals surface area contributed by atoms with E-state index in [1.807, 2.05) is 20.8 Å². The van der Waals surface area contributed by atoms with E-state index in [0.717, 1.165) is 0 Å². The molecule has 1 fully saturated rings. The maximum Gasteiger partial charge on any atom is 0.302 e. The molecule has 8 heteroatoms. The fourth-order valence-electron chi connectivity index (χ4n) is 2.19. The second kappa shape index (κ2) is 7.36. The molecular formula is C13H20Cl3NO4. The number of rotatable bonds is 3. The largest absolute Gasteiger partial charge is 0.463 e. The Labute approximate surface area is 139 Å². The van der Waals surface area contributed by atoms with Gasteiger partial charge in [-0.3, -0.25) is 10.2 Å². The molecule has 122 valence electrons. The lowest BCUT2D eigenvalue weighted by atomic mass is 9.79. The van der Waals surface area contributed by atoms with Crippen molar-refractivity contribution in [3.8, 4) is 0 Å². The summed E-state index contributed by atoms with van der Waals surface area (Å²) in [5.74, 6) is -0.462. The van der Waals surface area contributed by atoms with Crippen LogP contribution in [0.5, 0.6) is 0 Å². The van der Waals surface area contributed by atoms with Crippen molar-refractivity contribution < 1.29 is 19.0 Å². The first-order valence-electron chi connectivity index (χ1n) is 6.65. The quantitative estimate of drug-likeness (QED) is 0.362. The molecule has 1 rings (SSSR count). The van der Waals surface area contributed by atoms with Gasteiger partial charge in [0.15, 0.2) is 0 Å². The van der Waals surface area contributed by atoms with Crippen LogP contribution in [0.4, 0.5) is 0 Å². The Morgan fingerprint density at radius 3 is 2.24 bits per heavy atom. The lowest BCUT2D eigenvalue weighted by Crippen LogP contribution is -2.49. The van der Waals surface area contributed by atoms with Gasteiger partial charge in [0.2, 0.25) is 12.2 Å². The van der Waals surface area contributed by atoms with E-state index in [9.17, 15) is 4.79 Å². The van der Waals surface area contributed by atoms with Gasteiger partial charge in [-0.2, -0.15) is 0 Å². The van der Waals surface area contributed by atoms with E-state index < -0.39 is 16.0 Å². The van der Waals surface area contributed by atoms with E-state index in [-0.39, 0.29) is 36.4 Å². The number of halogens is 3. The standard InChI is InChI=1S/C13H20Cl3NO4/c1-6-7(2)10(5-19-9(4)18)20-11(8(6)3)21-12(17)13(14,15)16/h6-8,10-11,17H,5H2,1-4H3/t6-,7-,8?,10?,11+/m0/s1. The number of hydrogen-bond donors (Lipinski definition) is 1. The molecule has 21 heavy (non-hydrogen) atoms. The Morgan fingerprint density at radius 1 is 1.19 bits per heavy atom. The summed E-state index contributed by atoms with van der Waals surface area (Å²) in [5, 5.41) is 7.64. The Bertz CT molecular complexity index is 399. The minimum atomic E-state index is -1.93. The molecule has 2 unspecified atom stereocenters. The number of esters is 1. The molecule has 0 spiro atoms. The van der Waals surface area contributed by atoms with E-state index >= 15 is 0 Å². The zero-order valence-corrected chi connectivity index (χ0v) is 14.6. The number of nitrogens with one attached hydrogen (secondary N) is 1. The number of alkyl halides is 3. The first-order chi connectivity index (χ1) is 9.54. The molecule has 0 aromatic rings. The summed E-state index contributed by atoms with van der Waals surface area (Å²) in [4.78, 5) is 10.9. The SMILES string of the molecule is CC(=O)OCC1O[C@H](OC(=N)C(Cl)(Cl)Cl)C(C)[C@@H](C)[C@@H]1C. The highest BCUT2D eigenvalue weighted by Crippen LogP contribution is 2.37. The maximum absolute atomic E-state index is 10.9. The van der Waals surface area contributed by atoms with Gasteiger partial charge < -0.3 is 14.2 Å². The highest BCUT2D eigenvalue weighted by atomic mass is 35.6. The second-order valence-electron chi connectivity index (χ2n) is 5.37. The molecule has 1 heterocycles. The van der Waals surface area contributed by atoms with Crippen molar-refractivity contribution in [3.63, 3.8) is 0 Å². The maximum atomic E-state index is 10.9. The molecule has 0 aromatic heterocycles. The van der Waals surface area contributed by atoms with Gasteiger partial charge in [-0.05, 0) is 11.8 Å². The normalized spacial score (nSPS) is 33.4. The van der Waals surface area contributed by atoms with Gasteiger partial charge in [-0.25, -0.2) is 0 Å². The Hall–Kier alpha value is -0.230. The summed E-state index contributed by atoms with van der Waals surface area (Å²) < 4.78 is 14.2. The van der Waals surface area contributed by atoms with Crippen molar-refractivity contribution in [2.45, 2.75) is 43.9 Å². The van der Waals surface area contributed by atoms with Gasteiger partial charge in [0, 0.05) is 12.8 Å². The van der Waals surface area contributed by atoms with Crippen LogP contribution in [0, 0.1) is 23.2 Å². The lowest BCUT2D eigenvalue weighted by molar-refractivity contribution is -0.228. The van der Waals surface area contributed by atoms with E-state index in [1.165, 1.54) is 6.92 Å². The summed E-state index contributed by atoms with van der Waals surface area (Å²) in [6.45, 7) is 7.49. The average Bonchev–Trinajstić information content (AvgIpc) is 2.36. The molecule has 0 bridgehead atoms. The second-order valence-corrected chi connectivity index (χ2v) is 7.65. The molecule has 1 N–H and O–H groups in total. The van der Waals surface area contributed by atoms with Crippen LogP contribution < -0.4 is 0 Å². The van der Waals surface area contributed by atoms with E-state index in [4.69, 9.17) is 54.4 Å². The first-order valence-corrected chi connectivity index (χ1v) is 7.78. The third-order valence-electron chi connectivity index (χ3n) is 3.93. The molecule has 0 aromatic carbocycles. The predicted octanol–water partition coefficient (Wildman–Crippen LogP) is 3.55. The van der Waals surface area contributed by atoms with Crippen LogP contribution in [0.3, 0.4) is 0 Å². The molecule has 1 aliphatic rings. The smallest absolute Gasteiger partial charge is 0.302 e. The molecule has 0 amide bonds. The summed E-state index contributed by atoms with van der Waals surface area (Å²) >= 11 is 16.8. The van der Waals surface area contributed by atoms with Gasteiger partial charge in [-0.15, -0.1) is 0 Å². The van der Waals surface area contributed by atoms with E-state index in [0.29, 0.717) is 0 Å². The average molecular weight is 361 g/mol. The Morgan fingerprint density at radius 2 is 1.76 bits per heavy atom. The van der Waals surface area contributed by atoms with Crippen molar-refractivity contribution in [1.82, 2.24) is 0 Å². The summed E-state index contributed by atoms with van der Waals surface area (Å²) in [7, 11) is 0. The molecule has 5 nitrogen and oxygen atoms in total. The van der Waals surface area contributed by atoms with Crippen LogP contribution in [-0.2, 0) is 19.0 Å². The predicted molar refractivity (Wildman–Crippen MR) is 81.9 cm³/mol. The van der Waals surface area contributed by atoms with Crippen LogP contribution in [0.25, 0.3) is 0 Å². The summed E-state index contributed by atoms with van der Waals surface area (Å²) in [5.41, 5.74) is 0. The van der Waals surface area contributed by atoms with Crippen molar-refractivity contribution in [3.05, 3.63) is 0 Å². The van der Waals surface area contributed by atoms with E-state index in [1.54, 1.807) is 0 Å². The summed E-state index contributed by atoms with van der Waals surface area (Å²) in [6, 6.07) is 0. The van der Waals surface area contributed by atoms with E-state index in [2.05, 4.69) is 0 Å². The van der Waals surface area contributed by atoms with Crippen LogP contribution in [0.1, 0.15) is 27.7 Å². The fraction of sp³-hybridized carbons (Fsp3) is 0.846. The number of hydrogen-bond acceptors (Lipinski definition) is 5. The molecule has 0 aliphatic carbocycles. The minimum Gasteiger partial charge on any atom is -0.463 e. The Kier molecular flexibility index (Phi) is 6.59. The third-order valence-corrected chi connectivity index (χ3v) is 4.44. The number of carbonyl (C=O) groups excluding carboxylic acids is 1. The van der Waals surface area contributed by atoms with Crippen LogP contribution in [0.15, 0.2) is 0 Å². The lowest BCUT2D eigenvalue weighted by Gasteiger charge is -2.43. The first kappa shape index (κ1) is 18.8. The summed E-state index contributed by atoms with van der Waals surface area (Å²) in [6.07, 6.45) is -1.05. The third kappa shape index (κ3) is 5.16. The molecule has 1 aliphatic heterocycles. The van der Waals surface area contributed by atoms with Gasteiger partial charge in [0.25, 0.3) is 3.79 Å². The highest BCUT2D eigenvalue weighted by molar-refractivity contribution is 6.76. The van der Waals surface area contributed by atoms with Gasteiger partial charge in [-0.1, -0.05) is 55.6 Å². The Balaban J connectivity index is 2.75. The minimum absolute atomic E-state index is 0.00118. The molecule has 0 saturated carbocycles. The van der Waals surface area contributed by atoms with Crippen LogP contribution >= 0.6 is 34.8 Å². The van der Waals surface area contributed by atoms with Crippen molar-refractivity contribution >= 4 is 46.7 Å². The zero-order valence-electron chi connectivity index (χ0n) is 12.4. The van der Waals surface area contributed by atoms with Crippen molar-refractivity contribution in [2.75, 3.05) is 6.61 Å². The van der Waals surface area contributed by atoms with Gasteiger partial charge >= 0.3 is 5.97 Å². The highest BCUT2D eigenvalue weighted by Gasteiger charge is 2.42. The zero-order chi connectivity index (χ0) is 16.4. The number of carbonyl (C=O) groups is 1. The molecule has 1 saturated heterocycles. The molecule has 0 radical (unpaired) electrons. The topological polar surface area (TPSA) is 68.6 Å². The van der Waals surface area contributed by atoms with Crippen LogP contribution in [-0.4, -0.2) is 34.7 Å². The van der Waals surface area contributed by atoms with Gasteiger partial charge in [0.05, 0.1) is 6.10 Å². The number of ether oxygens (including phenoxy) is 3.